The van der Waals surface area contributed by atoms with Crippen molar-refractivity contribution in [3.05, 3.63) is 16.9 Å². The van der Waals surface area contributed by atoms with Crippen LogP contribution in [0.5, 0.6) is 0 Å². The molecule has 16 heavy (non-hydrogen) atoms. The summed E-state index contributed by atoms with van der Waals surface area (Å²) in [5, 5.41) is 3.86. The summed E-state index contributed by atoms with van der Waals surface area (Å²) in [5.74, 6) is 0.755. The number of hydrogen-bond acceptors (Lipinski definition) is 4. The lowest BCUT2D eigenvalue weighted by atomic mass is 10.1. The van der Waals surface area contributed by atoms with Crippen molar-refractivity contribution in [1.29, 1.82) is 0 Å². The normalized spacial score (nSPS) is 17.8. The Balaban J connectivity index is 2.05. The van der Waals surface area contributed by atoms with Crippen LogP contribution in [0.3, 0.4) is 0 Å². The largest absolute Gasteiger partial charge is 0.341 e. The van der Waals surface area contributed by atoms with Crippen molar-refractivity contribution < 1.29 is 0 Å². The van der Waals surface area contributed by atoms with E-state index in [0.717, 1.165) is 37.4 Å². The van der Waals surface area contributed by atoms with Crippen LogP contribution in [0, 0.1) is 6.92 Å². The maximum atomic E-state index is 6.00. The fourth-order valence-electron chi connectivity index (χ4n) is 1.93. The fourth-order valence-corrected chi connectivity index (χ4v) is 2.06. The van der Waals surface area contributed by atoms with E-state index in [1.807, 2.05) is 14.0 Å². The topological polar surface area (TPSA) is 41.0 Å². The minimum atomic E-state index is 0.556. The molecule has 0 radical (unpaired) electrons. The third-order valence-corrected chi connectivity index (χ3v) is 3.47. The molecule has 1 aromatic rings. The van der Waals surface area contributed by atoms with Crippen molar-refractivity contribution in [3.63, 3.8) is 0 Å². The monoisotopic (exact) mass is 240 g/mol. The Morgan fingerprint density at radius 3 is 2.69 bits per heavy atom. The average molecular weight is 241 g/mol. The lowest BCUT2D eigenvalue weighted by Crippen LogP contribution is -2.41. The first-order valence-electron chi connectivity index (χ1n) is 5.62. The first-order chi connectivity index (χ1) is 7.70. The third-order valence-electron chi connectivity index (χ3n) is 3.08. The van der Waals surface area contributed by atoms with E-state index in [1.54, 1.807) is 6.20 Å². The Kier molecular flexibility index (Phi) is 3.61. The van der Waals surface area contributed by atoms with Gasteiger partial charge in [-0.1, -0.05) is 11.6 Å². The van der Waals surface area contributed by atoms with E-state index in [9.17, 15) is 0 Å². The standard InChI is InChI=1S/C11H17ClN4/c1-8-7-14-11(15-10(8)12)16-5-3-9(13-2)4-6-16/h7,9,13H,3-6H2,1-2H3. The maximum Gasteiger partial charge on any atom is 0.226 e. The van der Waals surface area contributed by atoms with Crippen molar-refractivity contribution in [3.8, 4) is 0 Å². The highest BCUT2D eigenvalue weighted by molar-refractivity contribution is 6.30. The molecule has 1 aliphatic rings. The summed E-state index contributed by atoms with van der Waals surface area (Å²) in [6.07, 6.45) is 4.05. The molecule has 0 aromatic carbocycles. The zero-order valence-corrected chi connectivity index (χ0v) is 10.5. The molecule has 2 heterocycles. The smallest absolute Gasteiger partial charge is 0.226 e. The van der Waals surface area contributed by atoms with Gasteiger partial charge in [0.25, 0.3) is 0 Å². The second kappa shape index (κ2) is 4.97. The molecular weight excluding hydrogens is 224 g/mol. The van der Waals surface area contributed by atoms with Gasteiger partial charge < -0.3 is 10.2 Å². The second-order valence-electron chi connectivity index (χ2n) is 4.19. The number of nitrogens with one attached hydrogen (secondary N) is 1. The molecule has 1 saturated heterocycles. The second-order valence-corrected chi connectivity index (χ2v) is 4.55. The number of aryl methyl sites for hydroxylation is 1. The third kappa shape index (κ3) is 2.44. The first-order valence-corrected chi connectivity index (χ1v) is 6.00. The molecule has 0 spiro atoms. The van der Waals surface area contributed by atoms with Crippen LogP contribution >= 0.6 is 11.6 Å². The summed E-state index contributed by atoms with van der Waals surface area (Å²) < 4.78 is 0. The number of halogens is 1. The van der Waals surface area contributed by atoms with Crippen LogP contribution in [-0.2, 0) is 0 Å². The van der Waals surface area contributed by atoms with Gasteiger partial charge in [-0.2, -0.15) is 0 Å². The van der Waals surface area contributed by atoms with Crippen LogP contribution in [0.25, 0.3) is 0 Å². The summed E-state index contributed by atoms with van der Waals surface area (Å²) in [7, 11) is 2.01. The SMILES string of the molecule is CNC1CCN(c2ncc(C)c(Cl)n2)CC1. The van der Waals surface area contributed by atoms with Crippen molar-refractivity contribution in [2.75, 3.05) is 25.0 Å². The highest BCUT2D eigenvalue weighted by atomic mass is 35.5. The van der Waals surface area contributed by atoms with Gasteiger partial charge in [0.05, 0.1) is 0 Å². The first kappa shape index (κ1) is 11.6. The Bertz CT molecular complexity index is 361. The van der Waals surface area contributed by atoms with Gasteiger partial charge in [-0.3, -0.25) is 0 Å². The molecule has 0 atom stereocenters. The molecule has 1 aliphatic heterocycles. The Hall–Kier alpha value is -0.870. The van der Waals surface area contributed by atoms with Crippen molar-refractivity contribution in [1.82, 2.24) is 15.3 Å². The number of anilines is 1. The molecule has 88 valence electrons. The van der Waals surface area contributed by atoms with E-state index in [2.05, 4.69) is 20.2 Å². The minimum Gasteiger partial charge on any atom is -0.341 e. The fraction of sp³-hybridized carbons (Fsp3) is 0.636. The Morgan fingerprint density at radius 1 is 1.44 bits per heavy atom. The molecule has 0 amide bonds. The molecule has 1 N–H and O–H groups in total. The quantitative estimate of drug-likeness (QED) is 0.798. The zero-order valence-electron chi connectivity index (χ0n) is 9.70. The van der Waals surface area contributed by atoms with E-state index in [-0.39, 0.29) is 0 Å². The predicted octanol–water partition coefficient (Wildman–Crippen LogP) is 1.63. The molecule has 1 fully saturated rings. The summed E-state index contributed by atoms with van der Waals surface area (Å²) in [6, 6.07) is 0.622. The van der Waals surface area contributed by atoms with Gasteiger partial charge in [0.1, 0.15) is 5.15 Å². The van der Waals surface area contributed by atoms with Crippen LogP contribution in [0.2, 0.25) is 5.15 Å². The summed E-state index contributed by atoms with van der Waals surface area (Å²) in [5.41, 5.74) is 0.926. The molecule has 0 saturated carbocycles. The van der Waals surface area contributed by atoms with Crippen LogP contribution in [0.1, 0.15) is 18.4 Å². The van der Waals surface area contributed by atoms with Crippen LogP contribution in [0.4, 0.5) is 5.95 Å². The van der Waals surface area contributed by atoms with Crippen LogP contribution in [-0.4, -0.2) is 36.1 Å². The van der Waals surface area contributed by atoms with Crippen molar-refractivity contribution in [2.24, 2.45) is 0 Å². The van der Waals surface area contributed by atoms with E-state index < -0.39 is 0 Å². The molecule has 5 heteroatoms. The molecule has 2 rings (SSSR count). The Morgan fingerprint density at radius 2 is 2.12 bits per heavy atom. The van der Waals surface area contributed by atoms with Gasteiger partial charge in [0.15, 0.2) is 0 Å². The Labute approximate surface area is 101 Å². The van der Waals surface area contributed by atoms with Gasteiger partial charge in [0, 0.05) is 30.9 Å². The van der Waals surface area contributed by atoms with Gasteiger partial charge in [-0.25, -0.2) is 9.97 Å². The number of piperidine rings is 1. The molecular formula is C11H17ClN4. The number of hydrogen-bond donors (Lipinski definition) is 1. The summed E-state index contributed by atoms with van der Waals surface area (Å²) in [6.45, 7) is 3.90. The van der Waals surface area contributed by atoms with Crippen LogP contribution < -0.4 is 10.2 Å². The molecule has 0 aliphatic carbocycles. The lowest BCUT2D eigenvalue weighted by molar-refractivity contribution is 0.439. The molecule has 0 bridgehead atoms. The van der Waals surface area contributed by atoms with E-state index in [4.69, 9.17) is 11.6 Å². The zero-order chi connectivity index (χ0) is 11.5. The number of rotatable bonds is 2. The molecule has 1 aromatic heterocycles. The van der Waals surface area contributed by atoms with Gasteiger partial charge >= 0.3 is 0 Å². The van der Waals surface area contributed by atoms with Gasteiger partial charge in [-0.05, 0) is 26.8 Å². The van der Waals surface area contributed by atoms with E-state index in [1.165, 1.54) is 0 Å². The highest BCUT2D eigenvalue weighted by Crippen LogP contribution is 2.19. The van der Waals surface area contributed by atoms with Crippen molar-refractivity contribution in [2.45, 2.75) is 25.8 Å². The number of nitrogens with zero attached hydrogens (tertiary/aromatic N) is 3. The van der Waals surface area contributed by atoms with Crippen molar-refractivity contribution >= 4 is 17.5 Å². The molecule has 4 nitrogen and oxygen atoms in total. The predicted molar refractivity (Wildman–Crippen MR) is 66.1 cm³/mol. The van der Waals surface area contributed by atoms with Gasteiger partial charge in [0.2, 0.25) is 5.95 Å². The van der Waals surface area contributed by atoms with Crippen LogP contribution in [0.15, 0.2) is 6.20 Å². The molecule has 0 unspecified atom stereocenters. The number of aromatic nitrogens is 2. The average Bonchev–Trinajstić information content (AvgIpc) is 2.33. The maximum absolute atomic E-state index is 6.00. The van der Waals surface area contributed by atoms with E-state index >= 15 is 0 Å². The summed E-state index contributed by atoms with van der Waals surface area (Å²) >= 11 is 6.00. The van der Waals surface area contributed by atoms with Gasteiger partial charge in [-0.15, -0.1) is 0 Å². The summed E-state index contributed by atoms with van der Waals surface area (Å²) in [4.78, 5) is 10.8. The highest BCUT2D eigenvalue weighted by Gasteiger charge is 2.19. The minimum absolute atomic E-state index is 0.556. The van der Waals surface area contributed by atoms with E-state index in [0.29, 0.717) is 11.2 Å². The lowest BCUT2D eigenvalue weighted by Gasteiger charge is -2.31.